The number of nitrogens with zero attached hydrogens (tertiary/aromatic N) is 2. The Kier molecular flexibility index (Phi) is 4.59. The number of nitrogens with one attached hydrogen (secondary N) is 2. The van der Waals surface area contributed by atoms with Crippen LogP contribution in [-0.4, -0.2) is 17.1 Å². The van der Waals surface area contributed by atoms with Crippen LogP contribution in [0, 0.1) is 6.92 Å². The topological polar surface area (TPSA) is 85.1 Å². The van der Waals surface area contributed by atoms with Gasteiger partial charge in [-0.05, 0) is 31.2 Å². The van der Waals surface area contributed by atoms with Crippen molar-refractivity contribution < 1.29 is 4.74 Å². The number of nitrogen functional groups attached to an aromatic ring is 1. The molecule has 0 unspecified atom stereocenters. The lowest BCUT2D eigenvalue weighted by Gasteiger charge is -2.15. The molecule has 0 saturated carbocycles. The van der Waals surface area contributed by atoms with Crippen LogP contribution in [0.15, 0.2) is 24.3 Å². The Morgan fingerprint density at radius 3 is 2.24 bits per heavy atom. The first-order valence-corrected chi connectivity index (χ1v) is 6.81. The number of ether oxygens (including phenoxy) is 1. The normalized spacial score (nSPS) is 10.6. The lowest BCUT2D eigenvalue weighted by atomic mass is 10.2. The molecule has 6 nitrogen and oxygen atoms in total. The highest BCUT2D eigenvalue weighted by molar-refractivity contribution is 5.65. The summed E-state index contributed by atoms with van der Waals surface area (Å²) in [6.07, 6.45) is 0. The average Bonchev–Trinajstić information content (AvgIpc) is 2.49. The zero-order valence-electron chi connectivity index (χ0n) is 12.8. The molecule has 2 aromatic rings. The van der Waals surface area contributed by atoms with Crippen LogP contribution < -0.4 is 21.3 Å². The smallest absolute Gasteiger partial charge is 0.148 e. The summed E-state index contributed by atoms with van der Waals surface area (Å²) in [6.45, 7) is 6.01. The lowest BCUT2D eigenvalue weighted by Crippen LogP contribution is -2.14. The molecule has 112 valence electrons. The molecule has 1 heterocycles. The van der Waals surface area contributed by atoms with Crippen molar-refractivity contribution in [2.24, 2.45) is 5.84 Å². The van der Waals surface area contributed by atoms with Crippen molar-refractivity contribution >= 4 is 17.3 Å². The van der Waals surface area contributed by atoms with Gasteiger partial charge >= 0.3 is 0 Å². The third-order valence-electron chi connectivity index (χ3n) is 3.17. The monoisotopic (exact) mass is 287 g/mol. The Balaban J connectivity index is 2.35. The van der Waals surface area contributed by atoms with Gasteiger partial charge in [-0.25, -0.2) is 15.8 Å². The van der Waals surface area contributed by atoms with E-state index in [0.29, 0.717) is 5.82 Å². The first-order chi connectivity index (χ1) is 10.0. The van der Waals surface area contributed by atoms with E-state index in [-0.39, 0.29) is 5.92 Å². The van der Waals surface area contributed by atoms with E-state index in [1.54, 1.807) is 7.11 Å². The molecule has 0 aliphatic heterocycles. The first kappa shape index (κ1) is 15.1. The van der Waals surface area contributed by atoms with Gasteiger partial charge in [0.2, 0.25) is 0 Å². The Labute approximate surface area is 124 Å². The maximum Gasteiger partial charge on any atom is 0.148 e. The Morgan fingerprint density at radius 2 is 1.71 bits per heavy atom. The van der Waals surface area contributed by atoms with Gasteiger partial charge in [0, 0.05) is 17.2 Å². The molecule has 0 bridgehead atoms. The second-order valence-corrected chi connectivity index (χ2v) is 5.06. The molecule has 0 spiro atoms. The van der Waals surface area contributed by atoms with Gasteiger partial charge < -0.3 is 15.5 Å². The maximum atomic E-state index is 5.54. The highest BCUT2D eigenvalue weighted by atomic mass is 16.5. The number of nitrogens with two attached hydrogens (primary N) is 1. The minimum atomic E-state index is 0.217. The van der Waals surface area contributed by atoms with E-state index in [9.17, 15) is 0 Å². The van der Waals surface area contributed by atoms with Crippen molar-refractivity contribution in [2.45, 2.75) is 26.7 Å². The average molecular weight is 287 g/mol. The quantitative estimate of drug-likeness (QED) is 0.579. The molecule has 0 radical (unpaired) electrons. The fourth-order valence-corrected chi connectivity index (χ4v) is 1.87. The minimum Gasteiger partial charge on any atom is -0.497 e. The molecule has 0 aliphatic rings. The molecule has 0 aliphatic carbocycles. The molecular weight excluding hydrogens is 266 g/mol. The van der Waals surface area contributed by atoms with E-state index >= 15 is 0 Å². The van der Waals surface area contributed by atoms with Crippen LogP contribution in [-0.2, 0) is 0 Å². The van der Waals surface area contributed by atoms with E-state index in [1.165, 1.54) is 0 Å². The summed E-state index contributed by atoms with van der Waals surface area (Å²) in [4.78, 5) is 8.98. The van der Waals surface area contributed by atoms with Crippen LogP contribution in [0.5, 0.6) is 5.75 Å². The van der Waals surface area contributed by atoms with Gasteiger partial charge in [-0.2, -0.15) is 0 Å². The Bertz CT molecular complexity index is 610. The molecule has 0 saturated heterocycles. The third kappa shape index (κ3) is 3.41. The van der Waals surface area contributed by atoms with Gasteiger partial charge in [0.1, 0.15) is 23.2 Å². The molecule has 2 rings (SSSR count). The van der Waals surface area contributed by atoms with Crippen LogP contribution in [0.25, 0.3) is 0 Å². The molecular formula is C15H21N5O. The summed E-state index contributed by atoms with van der Waals surface area (Å²) in [7, 11) is 1.64. The molecule has 4 N–H and O–H groups in total. The van der Waals surface area contributed by atoms with Crippen LogP contribution in [0.4, 0.5) is 17.3 Å². The highest BCUT2D eigenvalue weighted by Gasteiger charge is 2.12. The zero-order valence-corrected chi connectivity index (χ0v) is 12.8. The Hall–Kier alpha value is -2.34. The van der Waals surface area contributed by atoms with Crippen LogP contribution in [0.1, 0.15) is 31.2 Å². The number of hydrogen-bond donors (Lipinski definition) is 3. The van der Waals surface area contributed by atoms with E-state index in [4.69, 9.17) is 10.6 Å². The zero-order chi connectivity index (χ0) is 15.4. The SMILES string of the molecule is COc1ccc(Nc2nc(C(C)C)nc(NN)c2C)cc1. The maximum absolute atomic E-state index is 5.54. The standard InChI is InChI=1S/C15H21N5O/c1-9(2)13-18-14(10(3)15(19-13)20-16)17-11-5-7-12(21-4)8-6-11/h5-9H,16H2,1-4H3,(H2,17,18,19,20). The highest BCUT2D eigenvalue weighted by Crippen LogP contribution is 2.26. The van der Waals surface area contributed by atoms with Crippen LogP contribution in [0.3, 0.4) is 0 Å². The number of hydrogen-bond acceptors (Lipinski definition) is 6. The molecule has 21 heavy (non-hydrogen) atoms. The number of rotatable bonds is 5. The summed E-state index contributed by atoms with van der Waals surface area (Å²) in [5, 5.41) is 3.29. The number of hydrazine groups is 1. The van der Waals surface area contributed by atoms with E-state index in [0.717, 1.165) is 28.6 Å². The van der Waals surface area contributed by atoms with Crippen molar-refractivity contribution in [3.05, 3.63) is 35.7 Å². The van der Waals surface area contributed by atoms with Gasteiger partial charge in [-0.3, -0.25) is 0 Å². The second kappa shape index (κ2) is 6.41. The number of methoxy groups -OCH3 is 1. The molecule has 0 amide bonds. The summed E-state index contributed by atoms with van der Waals surface area (Å²) >= 11 is 0. The van der Waals surface area contributed by atoms with Crippen molar-refractivity contribution in [3.8, 4) is 5.75 Å². The summed E-state index contributed by atoms with van der Waals surface area (Å²) in [6, 6.07) is 7.66. The molecule has 0 atom stereocenters. The van der Waals surface area contributed by atoms with Crippen molar-refractivity contribution in [3.63, 3.8) is 0 Å². The van der Waals surface area contributed by atoms with Crippen molar-refractivity contribution in [2.75, 3.05) is 17.9 Å². The largest absolute Gasteiger partial charge is 0.497 e. The summed E-state index contributed by atoms with van der Waals surface area (Å²) in [5.41, 5.74) is 4.42. The lowest BCUT2D eigenvalue weighted by molar-refractivity contribution is 0.415. The molecule has 1 aromatic heterocycles. The Morgan fingerprint density at radius 1 is 1.10 bits per heavy atom. The fraction of sp³-hybridized carbons (Fsp3) is 0.333. The predicted molar refractivity (Wildman–Crippen MR) is 84.9 cm³/mol. The fourth-order valence-electron chi connectivity index (χ4n) is 1.87. The van der Waals surface area contributed by atoms with E-state index in [1.807, 2.05) is 45.0 Å². The van der Waals surface area contributed by atoms with Gasteiger partial charge in [0.05, 0.1) is 7.11 Å². The first-order valence-electron chi connectivity index (χ1n) is 6.81. The summed E-state index contributed by atoms with van der Waals surface area (Å²) in [5.74, 6) is 8.68. The van der Waals surface area contributed by atoms with Crippen molar-refractivity contribution in [1.29, 1.82) is 0 Å². The number of aromatic nitrogens is 2. The number of benzene rings is 1. The second-order valence-electron chi connectivity index (χ2n) is 5.06. The molecule has 1 aromatic carbocycles. The van der Waals surface area contributed by atoms with Gasteiger partial charge in [-0.1, -0.05) is 13.8 Å². The van der Waals surface area contributed by atoms with Crippen molar-refractivity contribution in [1.82, 2.24) is 9.97 Å². The van der Waals surface area contributed by atoms with Crippen LogP contribution in [0.2, 0.25) is 0 Å². The third-order valence-corrected chi connectivity index (χ3v) is 3.17. The van der Waals surface area contributed by atoms with Gasteiger partial charge in [-0.15, -0.1) is 0 Å². The predicted octanol–water partition coefficient (Wildman–Crippen LogP) is 2.95. The number of anilines is 3. The molecule has 6 heteroatoms. The van der Waals surface area contributed by atoms with Gasteiger partial charge in [0.25, 0.3) is 0 Å². The van der Waals surface area contributed by atoms with Crippen LogP contribution >= 0.6 is 0 Å². The van der Waals surface area contributed by atoms with E-state index in [2.05, 4.69) is 20.7 Å². The molecule has 0 fully saturated rings. The summed E-state index contributed by atoms with van der Waals surface area (Å²) < 4.78 is 5.15. The van der Waals surface area contributed by atoms with Gasteiger partial charge in [0.15, 0.2) is 0 Å². The van der Waals surface area contributed by atoms with E-state index < -0.39 is 0 Å². The minimum absolute atomic E-state index is 0.217.